The van der Waals surface area contributed by atoms with E-state index >= 15 is 0 Å². The van der Waals surface area contributed by atoms with Gasteiger partial charge in [-0.15, -0.1) is 0 Å². The molecule has 2 aromatic rings. The molecular formula is C14H15N3O2. The average Bonchev–Trinajstić information content (AvgIpc) is 2.42. The van der Waals surface area contributed by atoms with Crippen molar-refractivity contribution in [2.24, 2.45) is 5.73 Å². The number of phenols is 1. The molecule has 1 aromatic carbocycles. The molecule has 0 bridgehead atoms. The van der Waals surface area contributed by atoms with Gasteiger partial charge in [0.15, 0.2) is 0 Å². The van der Waals surface area contributed by atoms with Crippen molar-refractivity contribution >= 4 is 11.6 Å². The Morgan fingerprint density at radius 2 is 2.05 bits per heavy atom. The number of nitrogens with two attached hydrogens (primary N) is 1. The summed E-state index contributed by atoms with van der Waals surface area (Å²) in [7, 11) is 0. The van der Waals surface area contributed by atoms with Crippen LogP contribution >= 0.6 is 0 Å². The number of nitrogens with zero attached hydrogens (tertiary/aromatic N) is 1. The van der Waals surface area contributed by atoms with Crippen molar-refractivity contribution in [3.63, 3.8) is 0 Å². The molecule has 0 aliphatic carbocycles. The maximum Gasteiger partial charge on any atom is 0.241 e. The zero-order valence-corrected chi connectivity index (χ0v) is 10.3. The van der Waals surface area contributed by atoms with Gasteiger partial charge in [-0.25, -0.2) is 0 Å². The van der Waals surface area contributed by atoms with E-state index in [0.29, 0.717) is 12.1 Å². The van der Waals surface area contributed by atoms with Crippen LogP contribution in [-0.4, -0.2) is 22.0 Å². The van der Waals surface area contributed by atoms with Crippen LogP contribution in [0.4, 0.5) is 5.69 Å². The summed E-state index contributed by atoms with van der Waals surface area (Å²) in [6.07, 6.45) is 3.60. The van der Waals surface area contributed by atoms with Crippen LogP contribution in [-0.2, 0) is 11.2 Å². The molecule has 1 aromatic heterocycles. The fourth-order valence-corrected chi connectivity index (χ4v) is 1.65. The number of amides is 1. The molecule has 0 aliphatic heterocycles. The second-order valence-corrected chi connectivity index (χ2v) is 4.21. The first-order valence-corrected chi connectivity index (χ1v) is 5.89. The van der Waals surface area contributed by atoms with Crippen molar-refractivity contribution in [3.8, 4) is 5.75 Å². The number of phenolic OH excluding ortho intramolecular Hbond substituents is 1. The number of hydrogen-bond acceptors (Lipinski definition) is 4. The summed E-state index contributed by atoms with van der Waals surface area (Å²) in [6, 6.07) is 9.46. The Kier molecular flexibility index (Phi) is 4.10. The number of rotatable bonds is 4. The number of hydrogen-bond donors (Lipinski definition) is 3. The summed E-state index contributed by atoms with van der Waals surface area (Å²) in [4.78, 5) is 15.8. The van der Waals surface area contributed by atoms with Crippen LogP contribution in [0.1, 0.15) is 5.56 Å². The minimum Gasteiger partial charge on any atom is -0.508 e. The van der Waals surface area contributed by atoms with Gasteiger partial charge < -0.3 is 16.2 Å². The van der Waals surface area contributed by atoms with Crippen LogP contribution in [0, 0.1) is 0 Å². The number of pyridine rings is 1. The van der Waals surface area contributed by atoms with Crippen molar-refractivity contribution in [2.45, 2.75) is 12.5 Å². The first-order valence-electron chi connectivity index (χ1n) is 5.89. The maximum absolute atomic E-state index is 11.9. The highest BCUT2D eigenvalue weighted by molar-refractivity contribution is 5.94. The zero-order chi connectivity index (χ0) is 13.7. The molecule has 0 unspecified atom stereocenters. The second kappa shape index (κ2) is 5.97. The lowest BCUT2D eigenvalue weighted by Crippen LogP contribution is -2.37. The van der Waals surface area contributed by atoms with Gasteiger partial charge in [-0.3, -0.25) is 9.78 Å². The fourth-order valence-electron chi connectivity index (χ4n) is 1.65. The Bertz CT molecular complexity index is 540. The molecule has 5 heteroatoms. The van der Waals surface area contributed by atoms with Crippen LogP contribution in [0.3, 0.4) is 0 Å². The Morgan fingerprint density at radius 1 is 1.32 bits per heavy atom. The van der Waals surface area contributed by atoms with Gasteiger partial charge in [0.05, 0.1) is 17.9 Å². The van der Waals surface area contributed by atoms with Gasteiger partial charge in [-0.05, 0) is 36.2 Å². The van der Waals surface area contributed by atoms with Gasteiger partial charge in [0.2, 0.25) is 5.91 Å². The molecule has 0 saturated heterocycles. The largest absolute Gasteiger partial charge is 0.508 e. The standard InChI is InChI=1S/C14H15N3O2/c15-13(8-10-3-5-12(18)6-4-10)14(19)17-11-2-1-7-16-9-11/h1-7,9,13,18H,8,15H2,(H,17,19)/t13-/m0/s1. The highest BCUT2D eigenvalue weighted by Crippen LogP contribution is 2.11. The molecule has 1 heterocycles. The average molecular weight is 257 g/mol. The molecule has 0 spiro atoms. The van der Waals surface area contributed by atoms with E-state index in [1.807, 2.05) is 0 Å². The molecule has 5 nitrogen and oxygen atoms in total. The predicted molar refractivity (Wildman–Crippen MR) is 72.7 cm³/mol. The third kappa shape index (κ3) is 3.79. The second-order valence-electron chi connectivity index (χ2n) is 4.21. The van der Waals surface area contributed by atoms with Crippen molar-refractivity contribution in [1.82, 2.24) is 4.98 Å². The van der Waals surface area contributed by atoms with E-state index in [1.54, 1.807) is 48.8 Å². The van der Waals surface area contributed by atoms with Crippen LogP contribution in [0.15, 0.2) is 48.8 Å². The van der Waals surface area contributed by atoms with E-state index in [1.165, 1.54) is 0 Å². The highest BCUT2D eigenvalue weighted by Gasteiger charge is 2.14. The summed E-state index contributed by atoms with van der Waals surface area (Å²) in [5, 5.41) is 11.9. The Hall–Kier alpha value is -2.40. The molecule has 0 fully saturated rings. The third-order valence-corrected chi connectivity index (χ3v) is 2.66. The minimum atomic E-state index is -0.648. The van der Waals surface area contributed by atoms with E-state index in [9.17, 15) is 9.90 Å². The quantitative estimate of drug-likeness (QED) is 0.770. The Morgan fingerprint density at radius 3 is 2.68 bits per heavy atom. The van der Waals surface area contributed by atoms with Crippen LogP contribution in [0.25, 0.3) is 0 Å². The molecule has 1 atom stereocenters. The van der Waals surface area contributed by atoms with E-state index in [0.717, 1.165) is 5.56 Å². The van der Waals surface area contributed by atoms with Gasteiger partial charge in [0.25, 0.3) is 0 Å². The first kappa shape index (κ1) is 13.0. The molecule has 0 radical (unpaired) electrons. The molecule has 4 N–H and O–H groups in total. The lowest BCUT2D eigenvalue weighted by molar-refractivity contribution is -0.117. The summed E-state index contributed by atoms with van der Waals surface area (Å²) in [5.41, 5.74) is 7.35. The minimum absolute atomic E-state index is 0.192. The van der Waals surface area contributed by atoms with Crippen molar-refractivity contribution in [3.05, 3.63) is 54.4 Å². The highest BCUT2D eigenvalue weighted by atomic mass is 16.3. The van der Waals surface area contributed by atoms with Crippen LogP contribution < -0.4 is 11.1 Å². The van der Waals surface area contributed by atoms with Gasteiger partial charge in [-0.1, -0.05) is 12.1 Å². The Labute approximate surface area is 111 Å². The topological polar surface area (TPSA) is 88.2 Å². The fraction of sp³-hybridized carbons (Fsp3) is 0.143. The molecular weight excluding hydrogens is 242 g/mol. The normalized spacial score (nSPS) is 11.8. The van der Waals surface area contributed by atoms with E-state index < -0.39 is 6.04 Å². The van der Waals surface area contributed by atoms with Gasteiger partial charge in [-0.2, -0.15) is 0 Å². The smallest absolute Gasteiger partial charge is 0.241 e. The van der Waals surface area contributed by atoms with Gasteiger partial charge >= 0.3 is 0 Å². The monoisotopic (exact) mass is 257 g/mol. The molecule has 0 aliphatic rings. The molecule has 1 amide bonds. The number of aromatic nitrogens is 1. The van der Waals surface area contributed by atoms with Crippen molar-refractivity contribution in [1.29, 1.82) is 0 Å². The number of anilines is 1. The van der Waals surface area contributed by atoms with Gasteiger partial charge in [0, 0.05) is 6.20 Å². The number of benzene rings is 1. The van der Waals surface area contributed by atoms with E-state index in [-0.39, 0.29) is 11.7 Å². The van der Waals surface area contributed by atoms with Crippen LogP contribution in [0.5, 0.6) is 5.75 Å². The third-order valence-electron chi connectivity index (χ3n) is 2.66. The van der Waals surface area contributed by atoms with Gasteiger partial charge in [0.1, 0.15) is 5.75 Å². The summed E-state index contributed by atoms with van der Waals surface area (Å²) in [5.74, 6) is -0.0711. The summed E-state index contributed by atoms with van der Waals surface area (Å²) < 4.78 is 0. The number of nitrogens with one attached hydrogen (secondary N) is 1. The molecule has 19 heavy (non-hydrogen) atoms. The van der Waals surface area contributed by atoms with Crippen molar-refractivity contribution in [2.75, 3.05) is 5.32 Å². The predicted octanol–water partition coefficient (Wildman–Crippen LogP) is 1.30. The Balaban J connectivity index is 1.94. The van der Waals surface area contributed by atoms with E-state index in [4.69, 9.17) is 5.73 Å². The van der Waals surface area contributed by atoms with Crippen LogP contribution in [0.2, 0.25) is 0 Å². The zero-order valence-electron chi connectivity index (χ0n) is 10.3. The van der Waals surface area contributed by atoms with E-state index in [2.05, 4.69) is 10.3 Å². The molecule has 0 saturated carbocycles. The lowest BCUT2D eigenvalue weighted by Gasteiger charge is -2.12. The lowest BCUT2D eigenvalue weighted by atomic mass is 10.1. The maximum atomic E-state index is 11.9. The summed E-state index contributed by atoms with van der Waals surface area (Å²) in [6.45, 7) is 0. The first-order chi connectivity index (χ1) is 9.15. The molecule has 98 valence electrons. The number of aromatic hydroxyl groups is 1. The van der Waals surface area contributed by atoms with Crippen molar-refractivity contribution < 1.29 is 9.90 Å². The summed E-state index contributed by atoms with van der Waals surface area (Å²) >= 11 is 0. The number of carbonyl (C=O) groups is 1. The SMILES string of the molecule is N[C@@H](Cc1ccc(O)cc1)C(=O)Nc1cccnc1. The molecule has 2 rings (SSSR count). The number of carbonyl (C=O) groups excluding carboxylic acids is 1.